The molecule has 38 heavy (non-hydrogen) atoms. The zero-order valence-corrected chi connectivity index (χ0v) is 24.9. The normalized spacial score (nSPS) is 29.5. The lowest BCUT2D eigenvalue weighted by atomic mass is 9.40. The van der Waals surface area contributed by atoms with Crippen LogP contribution in [0.5, 0.6) is 0 Å². The molecule has 1 aromatic carbocycles. The molecule has 7 heteroatoms. The van der Waals surface area contributed by atoms with Crippen LogP contribution in [-0.2, 0) is 4.74 Å². The van der Waals surface area contributed by atoms with Gasteiger partial charge in [-0.25, -0.2) is 5.26 Å². The van der Waals surface area contributed by atoms with Crippen LogP contribution < -0.4 is 5.73 Å². The summed E-state index contributed by atoms with van der Waals surface area (Å²) in [6.45, 7) is 12.2. The third kappa shape index (κ3) is 6.42. The molecule has 0 radical (unpaired) electrons. The molecule has 1 saturated carbocycles. The quantitative estimate of drug-likeness (QED) is 0.147. The largest absolute Gasteiger partial charge is 0.501 e. The molecule has 4 nitrogen and oxygen atoms in total. The predicted octanol–water partition coefficient (Wildman–Crippen LogP) is 7.75. The molecular formula is C31H42BCl2N3O. The molecule has 1 heterocycles. The molecule has 2 aliphatic rings. The molecule has 3 rings (SSSR count). The lowest BCUT2D eigenvalue weighted by molar-refractivity contribution is -0.0108. The Morgan fingerprint density at radius 1 is 1.24 bits per heavy atom. The minimum atomic E-state index is -0.715. The number of halogens is 2. The van der Waals surface area contributed by atoms with Crippen LogP contribution in [0.25, 0.3) is 0 Å². The van der Waals surface area contributed by atoms with Crippen LogP contribution in [0.15, 0.2) is 71.5 Å². The van der Waals surface area contributed by atoms with Crippen molar-refractivity contribution in [3.8, 4) is 5.97 Å². The van der Waals surface area contributed by atoms with Crippen molar-refractivity contribution in [3.05, 3.63) is 82.1 Å². The van der Waals surface area contributed by atoms with E-state index in [4.69, 9.17) is 33.7 Å². The average Bonchev–Trinajstić information content (AvgIpc) is 2.92. The molecule has 1 aliphatic carbocycles. The summed E-state index contributed by atoms with van der Waals surface area (Å²) in [5.41, 5.74) is 8.98. The monoisotopic (exact) mass is 553 g/mol. The van der Waals surface area contributed by atoms with Crippen molar-refractivity contribution in [2.45, 2.75) is 76.1 Å². The van der Waals surface area contributed by atoms with E-state index in [0.717, 1.165) is 50.1 Å². The van der Waals surface area contributed by atoms with Gasteiger partial charge in [-0.2, -0.15) is 0 Å². The fourth-order valence-electron chi connectivity index (χ4n) is 6.75. The van der Waals surface area contributed by atoms with Crippen LogP contribution in [0.1, 0.15) is 57.4 Å². The van der Waals surface area contributed by atoms with Gasteiger partial charge in [0.25, 0.3) is 6.71 Å². The third-order valence-corrected chi connectivity index (χ3v) is 9.19. The number of benzene rings is 1. The number of nitriles is 1. The zero-order chi connectivity index (χ0) is 27.9. The molecule has 0 aromatic heterocycles. The number of piperidine rings is 1. The Balaban J connectivity index is 2.19. The van der Waals surface area contributed by atoms with E-state index in [2.05, 4.69) is 48.7 Å². The van der Waals surface area contributed by atoms with Gasteiger partial charge in [-0.15, -0.1) is 6.58 Å². The van der Waals surface area contributed by atoms with Gasteiger partial charge in [0.2, 0.25) is 0 Å². The first-order chi connectivity index (χ1) is 18.1. The van der Waals surface area contributed by atoms with Crippen molar-refractivity contribution in [1.29, 1.82) is 5.26 Å². The SMILES string of the molecule is C=CC1(N2CCCCC2)CCC(/C(C)=C/C=C(Cl)\C=C(/C)OC)C(c2ccc(Cl)cc2)C1(N)CB(C)C#N. The summed E-state index contributed by atoms with van der Waals surface area (Å²) in [6.07, 6.45) is 13.9. The highest BCUT2D eigenvalue weighted by atomic mass is 35.5. The molecule has 1 aromatic rings. The van der Waals surface area contributed by atoms with Gasteiger partial charge in [0, 0.05) is 27.5 Å². The van der Waals surface area contributed by atoms with Crippen LogP contribution in [0.3, 0.4) is 0 Å². The number of hydrogen-bond donors (Lipinski definition) is 1. The summed E-state index contributed by atoms with van der Waals surface area (Å²) in [4.78, 5) is 2.57. The number of methoxy groups -OCH3 is 1. The van der Waals surface area contributed by atoms with Gasteiger partial charge in [0.15, 0.2) is 0 Å². The van der Waals surface area contributed by atoms with E-state index in [1.807, 2.05) is 38.0 Å². The number of nitrogens with zero attached hydrogens (tertiary/aromatic N) is 2. The van der Waals surface area contributed by atoms with Gasteiger partial charge in [-0.1, -0.05) is 66.3 Å². The van der Waals surface area contributed by atoms with E-state index < -0.39 is 11.1 Å². The van der Waals surface area contributed by atoms with E-state index in [1.54, 1.807) is 7.11 Å². The number of nitrogens with two attached hydrogens (primary N) is 1. The summed E-state index contributed by atoms with van der Waals surface area (Å²) in [5, 5.41) is 11.2. The van der Waals surface area contributed by atoms with Crippen molar-refractivity contribution >= 4 is 29.9 Å². The molecule has 204 valence electrons. The van der Waals surface area contributed by atoms with Crippen molar-refractivity contribution in [2.75, 3.05) is 20.2 Å². The molecule has 1 aliphatic heterocycles. The van der Waals surface area contributed by atoms with Crippen molar-refractivity contribution in [1.82, 2.24) is 4.90 Å². The second-order valence-corrected chi connectivity index (χ2v) is 11.9. The van der Waals surface area contributed by atoms with Crippen LogP contribution in [-0.4, -0.2) is 42.9 Å². The van der Waals surface area contributed by atoms with Crippen molar-refractivity contribution < 1.29 is 4.74 Å². The summed E-state index contributed by atoms with van der Waals surface area (Å²) < 4.78 is 5.24. The predicted molar refractivity (Wildman–Crippen MR) is 163 cm³/mol. The fourth-order valence-corrected chi connectivity index (χ4v) is 7.09. The zero-order valence-electron chi connectivity index (χ0n) is 23.4. The molecule has 4 atom stereocenters. The summed E-state index contributed by atoms with van der Waals surface area (Å²) in [5.74, 6) is 3.35. The van der Waals surface area contributed by atoms with E-state index in [9.17, 15) is 5.26 Å². The highest BCUT2D eigenvalue weighted by Crippen LogP contribution is 2.56. The fraction of sp³-hybridized carbons (Fsp3) is 0.516. The highest BCUT2D eigenvalue weighted by molar-refractivity contribution is 6.65. The van der Waals surface area contributed by atoms with Gasteiger partial charge >= 0.3 is 0 Å². The lowest BCUT2D eigenvalue weighted by Crippen LogP contribution is -2.74. The van der Waals surface area contributed by atoms with Crippen molar-refractivity contribution in [3.63, 3.8) is 0 Å². The first-order valence-electron chi connectivity index (χ1n) is 13.7. The van der Waals surface area contributed by atoms with Crippen LogP contribution in [0.4, 0.5) is 0 Å². The topological polar surface area (TPSA) is 62.3 Å². The molecule has 1 saturated heterocycles. The molecule has 2 N–H and O–H groups in total. The number of hydrogen-bond acceptors (Lipinski definition) is 4. The lowest BCUT2D eigenvalue weighted by Gasteiger charge is -2.62. The maximum atomic E-state index is 9.93. The summed E-state index contributed by atoms with van der Waals surface area (Å²) in [7, 11) is 1.63. The van der Waals surface area contributed by atoms with Gasteiger partial charge in [0.1, 0.15) is 0 Å². The third-order valence-electron chi connectivity index (χ3n) is 8.70. The molecule has 0 bridgehead atoms. The summed E-state index contributed by atoms with van der Waals surface area (Å²) in [6, 6.07) is 8.10. The second-order valence-electron chi connectivity index (χ2n) is 11.0. The van der Waals surface area contributed by atoms with Crippen LogP contribution in [0, 0.1) is 17.1 Å². The molecule has 0 spiro atoms. The van der Waals surface area contributed by atoms with E-state index in [-0.39, 0.29) is 18.5 Å². The standard InChI is InChI=1S/C31H42BCl2N3O/c1-6-30(37-18-8-7-9-19-37)17-16-28(23(2)10-13-27(34)20-24(3)38-5)29(25-11-14-26(33)15-12-25)31(30,36)21-32(4)22-35/h6,10-15,20,28-29H,1,7-9,16-19,21,36H2,2-5H3/b23-10+,24-20+,27-13+. The van der Waals surface area contributed by atoms with Gasteiger partial charge in [-0.3, -0.25) is 4.90 Å². The molecular weight excluding hydrogens is 512 g/mol. The Labute approximate surface area is 240 Å². The van der Waals surface area contributed by atoms with Crippen LogP contribution in [0.2, 0.25) is 18.2 Å². The summed E-state index contributed by atoms with van der Waals surface area (Å²) >= 11 is 12.8. The Morgan fingerprint density at radius 3 is 2.47 bits per heavy atom. The molecule has 2 fully saturated rings. The smallest absolute Gasteiger partial charge is 0.266 e. The number of likely N-dealkylation sites (tertiary alicyclic amines) is 1. The maximum absolute atomic E-state index is 9.93. The molecule has 4 unspecified atom stereocenters. The Bertz CT molecular complexity index is 1100. The Morgan fingerprint density at radius 2 is 1.89 bits per heavy atom. The van der Waals surface area contributed by atoms with E-state index in [0.29, 0.717) is 16.4 Å². The number of allylic oxidation sites excluding steroid dienone is 6. The Hall–Kier alpha value is -1.97. The first-order valence-corrected chi connectivity index (χ1v) is 14.5. The average molecular weight is 554 g/mol. The van der Waals surface area contributed by atoms with Crippen LogP contribution >= 0.6 is 23.2 Å². The molecule has 0 amide bonds. The van der Waals surface area contributed by atoms with E-state index in [1.165, 1.54) is 12.0 Å². The van der Waals surface area contributed by atoms with Gasteiger partial charge in [0.05, 0.1) is 18.4 Å². The minimum absolute atomic E-state index is 0.0380. The maximum Gasteiger partial charge on any atom is 0.266 e. The van der Waals surface area contributed by atoms with Gasteiger partial charge < -0.3 is 10.5 Å². The first kappa shape index (κ1) is 30.6. The van der Waals surface area contributed by atoms with Gasteiger partial charge in [-0.05, 0) is 94.7 Å². The van der Waals surface area contributed by atoms with Crippen molar-refractivity contribution in [2.24, 2.45) is 11.7 Å². The number of ether oxygens (including phenoxy) is 1. The second kappa shape index (κ2) is 13.4. The minimum Gasteiger partial charge on any atom is -0.501 e. The number of rotatable bonds is 9. The van der Waals surface area contributed by atoms with E-state index >= 15 is 0 Å². The Kier molecular flexibility index (Phi) is 10.8. The highest BCUT2D eigenvalue weighted by Gasteiger charge is 2.60.